The molecule has 0 aromatic carbocycles. The van der Waals surface area contributed by atoms with E-state index in [4.69, 9.17) is 9.47 Å². The highest BCUT2D eigenvalue weighted by atomic mass is 16.7. The van der Waals surface area contributed by atoms with E-state index in [1.54, 1.807) is 7.05 Å². The molecule has 1 amide bonds. The van der Waals surface area contributed by atoms with Crippen LogP contribution in [0, 0.1) is 0 Å². The minimum Gasteiger partial charge on any atom is -0.359 e. The van der Waals surface area contributed by atoms with E-state index in [1.807, 2.05) is 0 Å². The Morgan fingerprint density at radius 1 is 1.29 bits per heavy atom. The Morgan fingerprint density at radius 3 is 2.53 bits per heavy atom. The van der Waals surface area contributed by atoms with Gasteiger partial charge in [-0.3, -0.25) is 4.79 Å². The Hall–Kier alpha value is -0.650. The predicted molar refractivity (Wildman–Crippen MR) is 63.6 cm³/mol. The van der Waals surface area contributed by atoms with Crippen LogP contribution >= 0.6 is 0 Å². The summed E-state index contributed by atoms with van der Waals surface area (Å²) in [5, 5.41) is 6.04. The van der Waals surface area contributed by atoms with E-state index in [9.17, 15) is 4.79 Å². The van der Waals surface area contributed by atoms with Crippen molar-refractivity contribution in [2.75, 3.05) is 26.8 Å². The molecule has 2 rings (SSSR count). The lowest BCUT2D eigenvalue weighted by atomic mass is 9.90. The second kappa shape index (κ2) is 5.80. The molecule has 2 fully saturated rings. The fourth-order valence-electron chi connectivity index (χ4n) is 2.56. The minimum atomic E-state index is -0.279. The van der Waals surface area contributed by atoms with E-state index in [0.717, 1.165) is 45.4 Å². The molecule has 0 bridgehead atoms. The predicted octanol–water partition coefficient (Wildman–Crippen LogP) is 0.398. The van der Waals surface area contributed by atoms with Crippen molar-refractivity contribution in [2.24, 2.45) is 0 Å². The van der Waals surface area contributed by atoms with Crippen LogP contribution in [-0.2, 0) is 14.3 Å². The molecule has 0 radical (unpaired) electrons. The van der Waals surface area contributed by atoms with Crippen LogP contribution < -0.4 is 10.6 Å². The number of carbonyl (C=O) groups is 1. The van der Waals surface area contributed by atoms with E-state index in [-0.39, 0.29) is 11.7 Å². The van der Waals surface area contributed by atoms with Crippen molar-refractivity contribution in [2.45, 2.75) is 43.9 Å². The highest BCUT2D eigenvalue weighted by Gasteiger charge is 2.39. The topological polar surface area (TPSA) is 59.6 Å². The first-order chi connectivity index (χ1) is 8.24. The van der Waals surface area contributed by atoms with Crippen LogP contribution in [0.15, 0.2) is 0 Å². The Bertz CT molecular complexity index is 254. The fraction of sp³-hybridized carbons (Fsp3) is 0.917. The van der Waals surface area contributed by atoms with Crippen molar-refractivity contribution in [1.82, 2.24) is 10.6 Å². The summed E-state index contributed by atoms with van der Waals surface area (Å²) >= 11 is 0. The molecular formula is C12H22N2O3. The first-order valence-corrected chi connectivity index (χ1v) is 6.46. The summed E-state index contributed by atoms with van der Waals surface area (Å²) in [6, 6.07) is 0.498. The molecule has 5 heteroatoms. The van der Waals surface area contributed by atoms with Gasteiger partial charge in [-0.25, -0.2) is 0 Å². The van der Waals surface area contributed by atoms with Crippen LogP contribution in [0.5, 0.6) is 0 Å². The Kier molecular flexibility index (Phi) is 4.36. The zero-order chi connectivity index (χ0) is 12.1. The van der Waals surface area contributed by atoms with Crippen LogP contribution in [0.4, 0.5) is 0 Å². The summed E-state index contributed by atoms with van der Waals surface area (Å²) in [6.45, 7) is 2.21. The largest absolute Gasteiger partial charge is 0.359 e. The third-order valence-corrected chi connectivity index (χ3v) is 3.62. The lowest BCUT2D eigenvalue weighted by molar-refractivity contribution is -0.179. The maximum atomic E-state index is 11.1. The van der Waals surface area contributed by atoms with Crippen molar-refractivity contribution in [3.05, 3.63) is 0 Å². The Morgan fingerprint density at radius 2 is 1.94 bits per heavy atom. The van der Waals surface area contributed by atoms with Crippen molar-refractivity contribution < 1.29 is 14.3 Å². The van der Waals surface area contributed by atoms with Gasteiger partial charge in [0.2, 0.25) is 5.91 Å². The van der Waals surface area contributed by atoms with Gasteiger partial charge < -0.3 is 20.1 Å². The molecule has 1 saturated carbocycles. The summed E-state index contributed by atoms with van der Waals surface area (Å²) < 4.78 is 11.4. The average Bonchev–Trinajstić information content (AvgIpc) is 2.80. The van der Waals surface area contributed by atoms with Crippen molar-refractivity contribution in [1.29, 1.82) is 0 Å². The molecule has 2 aliphatic rings. The molecule has 1 saturated heterocycles. The Balaban J connectivity index is 1.63. The van der Waals surface area contributed by atoms with Crippen molar-refractivity contribution in [3.8, 4) is 0 Å². The maximum Gasteiger partial charge on any atom is 0.221 e. The van der Waals surface area contributed by atoms with Crippen LogP contribution in [0.1, 0.15) is 32.1 Å². The minimum absolute atomic E-state index is 0.0900. The van der Waals surface area contributed by atoms with Crippen LogP contribution in [0.25, 0.3) is 0 Å². The molecule has 5 nitrogen and oxygen atoms in total. The maximum absolute atomic E-state index is 11.1. The third kappa shape index (κ3) is 3.40. The molecule has 17 heavy (non-hydrogen) atoms. The zero-order valence-electron chi connectivity index (χ0n) is 10.5. The van der Waals surface area contributed by atoms with Crippen LogP contribution in [0.3, 0.4) is 0 Å². The molecular weight excluding hydrogens is 220 g/mol. The molecule has 0 aromatic heterocycles. The highest BCUT2D eigenvalue weighted by Crippen LogP contribution is 2.35. The van der Waals surface area contributed by atoms with Gasteiger partial charge >= 0.3 is 0 Å². The first kappa shape index (κ1) is 12.8. The highest BCUT2D eigenvalue weighted by molar-refractivity contribution is 5.75. The molecule has 2 N–H and O–H groups in total. The first-order valence-electron chi connectivity index (χ1n) is 6.46. The van der Waals surface area contributed by atoms with Gasteiger partial charge in [-0.2, -0.15) is 0 Å². The quantitative estimate of drug-likeness (QED) is 0.749. The van der Waals surface area contributed by atoms with E-state index < -0.39 is 0 Å². The van der Waals surface area contributed by atoms with Gasteiger partial charge in [-0.05, 0) is 12.8 Å². The van der Waals surface area contributed by atoms with E-state index in [1.165, 1.54) is 0 Å². The van der Waals surface area contributed by atoms with Crippen LogP contribution in [-0.4, -0.2) is 44.5 Å². The molecule has 1 aliphatic heterocycles. The molecule has 0 unspecified atom stereocenters. The smallest absolute Gasteiger partial charge is 0.221 e. The lowest BCUT2D eigenvalue weighted by Crippen LogP contribution is -2.42. The summed E-state index contributed by atoms with van der Waals surface area (Å²) in [5.41, 5.74) is 0. The molecule has 1 heterocycles. The second-order valence-corrected chi connectivity index (χ2v) is 4.76. The molecule has 0 aromatic rings. The van der Waals surface area contributed by atoms with Crippen molar-refractivity contribution in [3.63, 3.8) is 0 Å². The summed E-state index contributed by atoms with van der Waals surface area (Å²) in [7, 11) is 1.67. The molecule has 98 valence electrons. The molecule has 1 aliphatic carbocycles. The van der Waals surface area contributed by atoms with E-state index in [0.29, 0.717) is 12.5 Å². The summed E-state index contributed by atoms with van der Waals surface area (Å²) in [5.74, 6) is -0.189. The third-order valence-electron chi connectivity index (χ3n) is 3.62. The van der Waals surface area contributed by atoms with E-state index in [2.05, 4.69) is 10.6 Å². The Labute approximate surface area is 102 Å². The number of nitrogens with one attached hydrogen (secondary N) is 2. The van der Waals surface area contributed by atoms with Gasteiger partial charge in [0, 0.05) is 38.9 Å². The normalized spacial score (nSPS) is 24.1. The standard InChI is InChI=1S/C12H22N2O3/c1-13-11(15)4-7-14-10-2-5-12(6-3-10)16-8-9-17-12/h10,14H,2-9H2,1H3,(H,13,15). The second-order valence-electron chi connectivity index (χ2n) is 4.76. The molecule has 0 atom stereocenters. The van der Waals surface area contributed by atoms with Crippen molar-refractivity contribution >= 4 is 5.91 Å². The van der Waals surface area contributed by atoms with Gasteiger partial charge in [0.05, 0.1) is 13.2 Å². The lowest BCUT2D eigenvalue weighted by Gasteiger charge is -2.35. The SMILES string of the molecule is CNC(=O)CCNC1CCC2(CC1)OCCO2. The number of amides is 1. The average molecular weight is 242 g/mol. The molecule has 1 spiro atoms. The summed E-state index contributed by atoms with van der Waals surface area (Å²) in [6.07, 6.45) is 4.60. The number of carbonyl (C=O) groups excluding carboxylic acids is 1. The van der Waals surface area contributed by atoms with Gasteiger partial charge in [0.15, 0.2) is 5.79 Å². The monoisotopic (exact) mass is 242 g/mol. The van der Waals surface area contributed by atoms with E-state index >= 15 is 0 Å². The summed E-state index contributed by atoms with van der Waals surface area (Å²) in [4.78, 5) is 11.1. The van der Waals surface area contributed by atoms with Gasteiger partial charge in [0.1, 0.15) is 0 Å². The number of ether oxygens (including phenoxy) is 2. The van der Waals surface area contributed by atoms with Gasteiger partial charge in [-0.1, -0.05) is 0 Å². The van der Waals surface area contributed by atoms with Crippen LogP contribution in [0.2, 0.25) is 0 Å². The van der Waals surface area contributed by atoms with Gasteiger partial charge in [-0.15, -0.1) is 0 Å². The number of hydrogen-bond donors (Lipinski definition) is 2. The number of rotatable bonds is 4. The zero-order valence-corrected chi connectivity index (χ0v) is 10.5. The number of hydrogen-bond acceptors (Lipinski definition) is 4. The van der Waals surface area contributed by atoms with Gasteiger partial charge in [0.25, 0.3) is 0 Å². The fourth-order valence-corrected chi connectivity index (χ4v) is 2.56.